The van der Waals surface area contributed by atoms with Crippen molar-refractivity contribution in [1.82, 2.24) is 9.34 Å². The van der Waals surface area contributed by atoms with Crippen LogP contribution in [0, 0.1) is 0 Å². The fourth-order valence-corrected chi connectivity index (χ4v) is 6.09. The van der Waals surface area contributed by atoms with Crippen molar-refractivity contribution < 1.29 is 0 Å². The van der Waals surface area contributed by atoms with Gasteiger partial charge in [0.15, 0.2) is 0 Å². The van der Waals surface area contributed by atoms with E-state index >= 15 is 0 Å². The molecule has 1 aromatic carbocycles. The van der Waals surface area contributed by atoms with Crippen LogP contribution in [-0.4, -0.2) is 35.5 Å². The van der Waals surface area contributed by atoms with Crippen molar-refractivity contribution in [3.05, 3.63) is 41.2 Å². The van der Waals surface area contributed by atoms with Crippen molar-refractivity contribution in [3.8, 4) is 0 Å². The molecule has 0 atom stereocenters. The van der Waals surface area contributed by atoms with Crippen LogP contribution < -0.4 is 0 Å². The maximum atomic E-state index is 2.75. The van der Waals surface area contributed by atoms with Gasteiger partial charge in [0.05, 0.1) is 8.22 Å². The standard InChI is InChI=1S/C17H25N2P/c1-16(15-17-9-3-2-4-10-17)20(18-11-5-6-12-18)19-13-7-8-14-19/h2-4,9-10,15H,5-8,11-14H2,1H3. The van der Waals surface area contributed by atoms with Crippen LogP contribution in [0.25, 0.3) is 6.08 Å². The van der Waals surface area contributed by atoms with Gasteiger partial charge in [-0.1, -0.05) is 30.3 Å². The van der Waals surface area contributed by atoms with Gasteiger partial charge in [-0.25, -0.2) is 0 Å². The van der Waals surface area contributed by atoms with Crippen LogP contribution in [0.5, 0.6) is 0 Å². The summed E-state index contributed by atoms with van der Waals surface area (Å²) in [5, 5.41) is 1.56. The third-order valence-electron chi connectivity index (χ3n) is 4.19. The maximum Gasteiger partial charge on any atom is 0.0679 e. The summed E-state index contributed by atoms with van der Waals surface area (Å²) in [6.45, 7) is 7.52. The molecule has 0 N–H and O–H groups in total. The molecular weight excluding hydrogens is 263 g/mol. The molecule has 2 saturated heterocycles. The molecule has 2 aliphatic heterocycles. The van der Waals surface area contributed by atoms with E-state index < -0.39 is 0 Å². The van der Waals surface area contributed by atoms with Crippen molar-refractivity contribution in [2.24, 2.45) is 0 Å². The smallest absolute Gasteiger partial charge is 0.0679 e. The van der Waals surface area contributed by atoms with Crippen LogP contribution in [0.2, 0.25) is 0 Å². The Balaban J connectivity index is 1.82. The first-order valence-corrected chi connectivity index (χ1v) is 9.12. The highest BCUT2D eigenvalue weighted by molar-refractivity contribution is 7.57. The molecule has 0 bridgehead atoms. The minimum atomic E-state index is -0.220. The number of nitrogens with zero attached hydrogens (tertiary/aromatic N) is 2. The number of benzene rings is 1. The highest BCUT2D eigenvalue weighted by Gasteiger charge is 2.30. The van der Waals surface area contributed by atoms with Crippen LogP contribution in [0.1, 0.15) is 38.2 Å². The van der Waals surface area contributed by atoms with Crippen molar-refractivity contribution in [2.45, 2.75) is 32.6 Å². The third-order valence-corrected chi connectivity index (χ3v) is 6.82. The van der Waals surface area contributed by atoms with Gasteiger partial charge >= 0.3 is 0 Å². The van der Waals surface area contributed by atoms with Gasteiger partial charge in [-0.05, 0) is 49.6 Å². The predicted octanol–water partition coefficient (Wildman–Crippen LogP) is 4.55. The summed E-state index contributed by atoms with van der Waals surface area (Å²) in [6, 6.07) is 10.8. The quantitative estimate of drug-likeness (QED) is 0.750. The molecule has 3 rings (SSSR count). The van der Waals surface area contributed by atoms with E-state index in [1.165, 1.54) is 57.4 Å². The molecule has 2 aliphatic rings. The fraction of sp³-hybridized carbons (Fsp3) is 0.529. The van der Waals surface area contributed by atoms with Gasteiger partial charge in [-0.2, -0.15) is 0 Å². The fourth-order valence-electron chi connectivity index (χ4n) is 3.25. The lowest BCUT2D eigenvalue weighted by Gasteiger charge is -2.35. The highest BCUT2D eigenvalue weighted by atomic mass is 31.1. The zero-order chi connectivity index (χ0) is 13.8. The normalized spacial score (nSPS) is 22.0. The van der Waals surface area contributed by atoms with E-state index in [1.54, 1.807) is 5.31 Å². The maximum absolute atomic E-state index is 2.75. The van der Waals surface area contributed by atoms with Gasteiger partial charge in [0.1, 0.15) is 0 Å². The minimum Gasteiger partial charge on any atom is -0.267 e. The van der Waals surface area contributed by atoms with E-state index in [9.17, 15) is 0 Å². The second kappa shape index (κ2) is 6.85. The predicted molar refractivity (Wildman–Crippen MR) is 88.6 cm³/mol. The largest absolute Gasteiger partial charge is 0.267 e. The van der Waals surface area contributed by atoms with Crippen molar-refractivity contribution >= 4 is 14.3 Å². The van der Waals surface area contributed by atoms with Crippen LogP contribution >= 0.6 is 8.22 Å². The summed E-state index contributed by atoms with van der Waals surface area (Å²) in [7, 11) is -0.220. The zero-order valence-electron chi connectivity index (χ0n) is 12.5. The van der Waals surface area contributed by atoms with E-state index in [1.807, 2.05) is 0 Å². The molecule has 2 heterocycles. The van der Waals surface area contributed by atoms with Gasteiger partial charge in [0.25, 0.3) is 0 Å². The summed E-state index contributed by atoms with van der Waals surface area (Å²) in [5.74, 6) is 0. The molecule has 0 unspecified atom stereocenters. The minimum absolute atomic E-state index is 0.220. The Kier molecular flexibility index (Phi) is 4.88. The van der Waals surface area contributed by atoms with Crippen LogP contribution in [0.3, 0.4) is 0 Å². The van der Waals surface area contributed by atoms with Gasteiger partial charge in [0.2, 0.25) is 0 Å². The lowest BCUT2D eigenvalue weighted by atomic mass is 10.2. The SMILES string of the molecule is CC(=Cc1ccccc1)P(N1CCCC1)N1CCCC1. The molecule has 0 aliphatic carbocycles. The van der Waals surface area contributed by atoms with Crippen LogP contribution in [0.15, 0.2) is 35.6 Å². The average molecular weight is 288 g/mol. The summed E-state index contributed by atoms with van der Waals surface area (Å²) in [5.41, 5.74) is 1.34. The summed E-state index contributed by atoms with van der Waals surface area (Å²) in [4.78, 5) is 0. The van der Waals surface area contributed by atoms with Gasteiger partial charge in [0, 0.05) is 26.2 Å². The Bertz CT molecular complexity index is 429. The number of hydrogen-bond donors (Lipinski definition) is 0. The molecule has 0 radical (unpaired) electrons. The van der Waals surface area contributed by atoms with Gasteiger partial charge in [-0.3, -0.25) is 9.34 Å². The number of rotatable bonds is 4. The summed E-state index contributed by atoms with van der Waals surface area (Å²) < 4.78 is 5.49. The topological polar surface area (TPSA) is 6.48 Å². The first-order chi connectivity index (χ1) is 9.84. The molecular formula is C17H25N2P. The third kappa shape index (κ3) is 3.31. The lowest BCUT2D eigenvalue weighted by molar-refractivity contribution is 0.479. The van der Waals surface area contributed by atoms with E-state index in [-0.39, 0.29) is 8.22 Å². The van der Waals surface area contributed by atoms with E-state index in [4.69, 9.17) is 0 Å². The molecule has 2 nitrogen and oxygen atoms in total. The Morgan fingerprint density at radius 3 is 1.90 bits per heavy atom. The molecule has 0 spiro atoms. The Morgan fingerprint density at radius 2 is 1.40 bits per heavy atom. The molecule has 3 heteroatoms. The summed E-state index contributed by atoms with van der Waals surface area (Å²) in [6.07, 6.45) is 7.93. The Labute approximate surface area is 124 Å². The number of allylic oxidation sites excluding steroid dienone is 1. The van der Waals surface area contributed by atoms with Crippen molar-refractivity contribution in [1.29, 1.82) is 0 Å². The molecule has 0 amide bonds. The van der Waals surface area contributed by atoms with E-state index in [0.29, 0.717) is 0 Å². The molecule has 20 heavy (non-hydrogen) atoms. The first-order valence-electron chi connectivity index (χ1n) is 7.88. The molecule has 2 fully saturated rings. The van der Waals surface area contributed by atoms with E-state index in [2.05, 4.69) is 52.7 Å². The first kappa shape index (κ1) is 14.3. The van der Waals surface area contributed by atoms with Crippen molar-refractivity contribution in [2.75, 3.05) is 26.2 Å². The molecule has 1 aromatic rings. The lowest BCUT2D eigenvalue weighted by Crippen LogP contribution is -2.25. The van der Waals surface area contributed by atoms with Gasteiger partial charge < -0.3 is 0 Å². The molecule has 0 saturated carbocycles. The second-order valence-corrected chi connectivity index (χ2v) is 8.22. The number of hydrogen-bond acceptors (Lipinski definition) is 2. The molecule has 0 aromatic heterocycles. The summed E-state index contributed by atoms with van der Waals surface area (Å²) >= 11 is 0. The van der Waals surface area contributed by atoms with Gasteiger partial charge in [-0.15, -0.1) is 0 Å². The molecule has 108 valence electrons. The zero-order valence-corrected chi connectivity index (χ0v) is 13.4. The van der Waals surface area contributed by atoms with E-state index in [0.717, 1.165) is 0 Å². The van der Waals surface area contributed by atoms with Crippen LogP contribution in [0.4, 0.5) is 0 Å². The monoisotopic (exact) mass is 288 g/mol. The highest BCUT2D eigenvalue weighted by Crippen LogP contribution is 2.54. The van der Waals surface area contributed by atoms with Crippen LogP contribution in [-0.2, 0) is 0 Å². The average Bonchev–Trinajstić information content (AvgIpc) is 3.14. The second-order valence-electron chi connectivity index (χ2n) is 5.81. The Hall–Kier alpha value is -0.690. The Morgan fingerprint density at radius 1 is 0.900 bits per heavy atom. The van der Waals surface area contributed by atoms with Crippen molar-refractivity contribution in [3.63, 3.8) is 0 Å².